The van der Waals surface area contributed by atoms with E-state index in [1.807, 2.05) is 67.6 Å². The molecule has 1 aliphatic heterocycles. The van der Waals surface area contributed by atoms with Gasteiger partial charge in [-0.05, 0) is 76.1 Å². The average molecular weight is 737 g/mol. The molecule has 1 amide bonds. The molecular formula is C46H41ClN2O3S. The first-order valence-corrected chi connectivity index (χ1v) is 18.7. The number of nitrogens with zero attached hydrogens (tertiary/aromatic N) is 1. The van der Waals surface area contributed by atoms with Crippen molar-refractivity contribution in [3.05, 3.63) is 207 Å². The average Bonchev–Trinajstić information content (AvgIpc) is 3.18. The van der Waals surface area contributed by atoms with E-state index < -0.39 is 23.5 Å². The number of fused-ring (bicyclic) bond motifs is 1. The molecule has 6 aromatic carbocycles. The number of rotatable bonds is 11. The number of thiol groups is 1. The van der Waals surface area contributed by atoms with Crippen molar-refractivity contribution in [2.24, 2.45) is 0 Å². The van der Waals surface area contributed by atoms with E-state index in [9.17, 15) is 9.59 Å². The third-order valence-electron chi connectivity index (χ3n) is 10.2. The summed E-state index contributed by atoms with van der Waals surface area (Å²) in [6, 6.07) is 50.0. The van der Waals surface area contributed by atoms with Crippen molar-refractivity contribution >= 4 is 36.1 Å². The van der Waals surface area contributed by atoms with Gasteiger partial charge in [-0.1, -0.05) is 145 Å². The number of ether oxygens (including phenoxy) is 1. The van der Waals surface area contributed by atoms with Gasteiger partial charge in [0.2, 0.25) is 0 Å². The number of carbonyl (C=O) groups excluding carboxylic acids is 2. The third kappa shape index (κ3) is 7.67. The van der Waals surface area contributed by atoms with Crippen LogP contribution in [0.5, 0.6) is 0 Å². The van der Waals surface area contributed by atoms with Gasteiger partial charge >= 0.3 is 5.97 Å². The smallest absolute Gasteiger partial charge is 0.329 e. The maximum Gasteiger partial charge on any atom is 0.329 e. The van der Waals surface area contributed by atoms with E-state index in [0.717, 1.165) is 39.3 Å². The van der Waals surface area contributed by atoms with Crippen LogP contribution in [0.2, 0.25) is 5.02 Å². The van der Waals surface area contributed by atoms with Crippen LogP contribution >= 0.6 is 24.2 Å². The van der Waals surface area contributed by atoms with Crippen molar-refractivity contribution in [2.45, 2.75) is 49.4 Å². The fraction of sp³-hybridized carbons (Fsp3) is 0.174. The van der Waals surface area contributed by atoms with Crippen molar-refractivity contribution in [2.75, 3.05) is 6.54 Å². The van der Waals surface area contributed by atoms with Crippen LogP contribution in [-0.4, -0.2) is 29.4 Å². The number of hydrogen-bond donors (Lipinski definition) is 2. The van der Waals surface area contributed by atoms with Crippen LogP contribution in [0, 0.1) is 6.92 Å². The fourth-order valence-corrected chi connectivity index (χ4v) is 8.34. The minimum Gasteiger partial charge on any atom is -0.459 e. The maximum atomic E-state index is 14.2. The Morgan fingerprint density at radius 1 is 0.774 bits per heavy atom. The fourth-order valence-electron chi connectivity index (χ4n) is 7.73. The minimum atomic E-state index is -0.938. The highest BCUT2D eigenvalue weighted by molar-refractivity contribution is 7.80. The first-order valence-electron chi connectivity index (χ1n) is 17.9. The lowest BCUT2D eigenvalue weighted by molar-refractivity contribution is -0.147. The summed E-state index contributed by atoms with van der Waals surface area (Å²) in [5.74, 6) is -0.929. The predicted octanol–water partition coefficient (Wildman–Crippen LogP) is 9.37. The molecule has 53 heavy (non-hydrogen) atoms. The van der Waals surface area contributed by atoms with Crippen molar-refractivity contribution < 1.29 is 14.3 Å². The van der Waals surface area contributed by atoms with Crippen LogP contribution in [0.1, 0.15) is 54.9 Å². The minimum absolute atomic E-state index is 0.101. The van der Waals surface area contributed by atoms with Crippen molar-refractivity contribution in [3.63, 3.8) is 0 Å². The normalized spacial score (nSPS) is 13.5. The van der Waals surface area contributed by atoms with Crippen LogP contribution in [-0.2, 0) is 41.1 Å². The number of hydrogen-bond acceptors (Lipinski definition) is 5. The lowest BCUT2D eigenvalue weighted by Gasteiger charge is -2.48. The van der Waals surface area contributed by atoms with Crippen LogP contribution in [0.4, 0.5) is 0 Å². The standard InChI is InChI=1S/C46H41ClN2O3S/c1-32-40-25-26-49(46(36-18-8-3-9-19-36,37-20-10-4-11-21-37)38-22-12-5-13-23-38)30-35(40)29-41(47)43(32)44(50)48-42(28-34-17-14-24-39(53)27-34)45(51)52-31-33-15-6-2-7-16-33/h2-24,27,29,42,53H,25-26,28,30-31H2,1H3,(H,48,50)/t42-/m0/s1. The van der Waals surface area contributed by atoms with E-state index in [0.29, 0.717) is 23.6 Å². The molecule has 6 aromatic rings. The van der Waals surface area contributed by atoms with Gasteiger partial charge in [0.15, 0.2) is 0 Å². The van der Waals surface area contributed by atoms with Gasteiger partial charge < -0.3 is 10.1 Å². The Hall–Kier alpha value is -5.14. The van der Waals surface area contributed by atoms with Gasteiger partial charge in [-0.2, -0.15) is 0 Å². The molecule has 0 unspecified atom stereocenters. The largest absolute Gasteiger partial charge is 0.459 e. The number of benzene rings is 6. The Morgan fingerprint density at radius 2 is 1.32 bits per heavy atom. The van der Waals surface area contributed by atoms with E-state index in [4.69, 9.17) is 16.3 Å². The molecule has 266 valence electrons. The lowest BCUT2D eigenvalue weighted by Crippen LogP contribution is -2.50. The summed E-state index contributed by atoms with van der Waals surface area (Å²) in [7, 11) is 0. The Kier molecular flexibility index (Phi) is 11.1. The van der Waals surface area contributed by atoms with E-state index in [2.05, 4.69) is 114 Å². The molecular weight excluding hydrogens is 696 g/mol. The second-order valence-corrected chi connectivity index (χ2v) is 14.4. The van der Waals surface area contributed by atoms with Crippen LogP contribution in [0.15, 0.2) is 157 Å². The first-order chi connectivity index (χ1) is 25.8. The number of esters is 1. The molecule has 0 aliphatic carbocycles. The molecule has 1 N–H and O–H groups in total. The highest BCUT2D eigenvalue weighted by atomic mass is 35.5. The summed E-state index contributed by atoms with van der Waals surface area (Å²) in [5, 5.41) is 3.34. The van der Waals surface area contributed by atoms with Crippen LogP contribution < -0.4 is 5.32 Å². The summed E-state index contributed by atoms with van der Waals surface area (Å²) in [5.41, 5.74) is 8.04. The molecule has 5 nitrogen and oxygen atoms in total. The van der Waals surface area contributed by atoms with Crippen molar-refractivity contribution in [1.29, 1.82) is 0 Å². The zero-order valence-corrected chi connectivity index (χ0v) is 31.2. The van der Waals surface area contributed by atoms with Gasteiger partial charge in [0.1, 0.15) is 12.6 Å². The Morgan fingerprint density at radius 3 is 1.89 bits per heavy atom. The molecule has 0 saturated heterocycles. The molecule has 0 fully saturated rings. The van der Waals surface area contributed by atoms with Crippen molar-refractivity contribution in [3.8, 4) is 0 Å². The molecule has 7 heteroatoms. The van der Waals surface area contributed by atoms with Crippen LogP contribution in [0.3, 0.4) is 0 Å². The maximum absolute atomic E-state index is 14.2. The zero-order chi connectivity index (χ0) is 36.8. The molecule has 0 saturated carbocycles. The highest BCUT2D eigenvalue weighted by Crippen LogP contribution is 2.45. The molecule has 0 bridgehead atoms. The number of amides is 1. The first kappa shape index (κ1) is 36.2. The van der Waals surface area contributed by atoms with E-state index >= 15 is 0 Å². The summed E-state index contributed by atoms with van der Waals surface area (Å²) < 4.78 is 5.72. The molecule has 0 radical (unpaired) electrons. The summed E-state index contributed by atoms with van der Waals surface area (Å²) in [4.78, 5) is 31.0. The summed E-state index contributed by atoms with van der Waals surface area (Å²) >= 11 is 11.5. The topological polar surface area (TPSA) is 58.6 Å². The van der Waals surface area contributed by atoms with Gasteiger partial charge in [-0.15, -0.1) is 12.6 Å². The van der Waals surface area contributed by atoms with Gasteiger partial charge in [0.05, 0.1) is 16.1 Å². The molecule has 7 rings (SSSR count). The van der Waals surface area contributed by atoms with Gasteiger partial charge in [-0.25, -0.2) is 4.79 Å². The predicted molar refractivity (Wildman–Crippen MR) is 214 cm³/mol. The van der Waals surface area contributed by atoms with Gasteiger partial charge in [-0.3, -0.25) is 9.69 Å². The SMILES string of the molecule is Cc1c2c(cc(Cl)c1C(=O)N[C@@H](Cc1cccc(S)c1)C(=O)OCc1ccccc1)CN(C(c1ccccc1)(c1ccccc1)c1ccccc1)CC2. The summed E-state index contributed by atoms with van der Waals surface area (Å²) in [6.45, 7) is 3.42. The van der Waals surface area contributed by atoms with Crippen LogP contribution in [0.25, 0.3) is 0 Å². The van der Waals surface area contributed by atoms with Crippen molar-refractivity contribution in [1.82, 2.24) is 10.2 Å². The zero-order valence-electron chi connectivity index (χ0n) is 29.5. The van der Waals surface area contributed by atoms with E-state index in [1.165, 1.54) is 16.7 Å². The monoisotopic (exact) mass is 736 g/mol. The van der Waals surface area contributed by atoms with E-state index in [1.54, 1.807) is 0 Å². The third-order valence-corrected chi connectivity index (χ3v) is 10.8. The second kappa shape index (κ2) is 16.3. The summed E-state index contributed by atoms with van der Waals surface area (Å²) in [6.07, 6.45) is 0.953. The lowest BCUT2D eigenvalue weighted by atomic mass is 9.74. The molecule has 1 aliphatic rings. The van der Waals surface area contributed by atoms with E-state index in [-0.39, 0.29) is 13.0 Å². The molecule has 0 aromatic heterocycles. The van der Waals surface area contributed by atoms with Gasteiger partial charge in [0.25, 0.3) is 5.91 Å². The Balaban J connectivity index is 1.21. The molecule has 1 heterocycles. The highest BCUT2D eigenvalue weighted by Gasteiger charge is 2.43. The Labute approximate surface area is 322 Å². The quantitative estimate of drug-likeness (QED) is 0.0791. The number of nitrogens with one attached hydrogen (secondary N) is 1. The molecule has 0 spiro atoms. The number of halogens is 1. The Bertz CT molecular complexity index is 2100. The second-order valence-electron chi connectivity index (χ2n) is 13.5. The van der Waals surface area contributed by atoms with Gasteiger partial charge in [0, 0.05) is 24.4 Å². The number of carbonyl (C=O) groups is 2. The molecule has 1 atom stereocenters.